The van der Waals surface area contributed by atoms with Gasteiger partial charge in [0, 0.05) is 0 Å². The van der Waals surface area contributed by atoms with E-state index >= 15 is 0 Å². The number of hydrogen-bond acceptors (Lipinski definition) is 3. The van der Waals surface area contributed by atoms with Crippen LogP contribution in [0.5, 0.6) is 0 Å². The summed E-state index contributed by atoms with van der Waals surface area (Å²) in [4.78, 5) is 4.30. The topological polar surface area (TPSA) is 38.7 Å². The van der Waals surface area contributed by atoms with Crippen molar-refractivity contribution in [3.05, 3.63) is 0 Å². The molecule has 1 aliphatic carbocycles. The van der Waals surface area contributed by atoms with Gasteiger partial charge in [0.25, 0.3) is 0 Å². The Labute approximate surface area is 54.4 Å². The molecule has 3 heteroatoms. The van der Waals surface area contributed by atoms with Crippen molar-refractivity contribution in [2.45, 2.75) is 25.7 Å². The maximum atomic E-state index is 7.75. The highest BCUT2D eigenvalue weighted by molar-refractivity contribution is 4.68. The van der Waals surface area contributed by atoms with Gasteiger partial charge in [-0.3, -0.25) is 0 Å². The molecular formula is C6H12O3. The summed E-state index contributed by atoms with van der Waals surface area (Å²) in [5.74, 6) is 0.820. The van der Waals surface area contributed by atoms with Crippen molar-refractivity contribution in [2.24, 2.45) is 5.92 Å². The van der Waals surface area contributed by atoms with E-state index in [1.54, 1.807) is 0 Å². The third-order valence-corrected chi connectivity index (χ3v) is 1.89. The summed E-state index contributed by atoms with van der Waals surface area (Å²) in [6.07, 6.45) is 4.99. The Kier molecular flexibility index (Phi) is 2.97. The van der Waals surface area contributed by atoms with E-state index in [1.165, 1.54) is 19.3 Å². The molecule has 0 amide bonds. The first-order valence-corrected chi connectivity index (χ1v) is 3.36. The Morgan fingerprint density at radius 3 is 2.67 bits per heavy atom. The standard InChI is InChI=1S/C6H12O3/c7-9-8-5-4-6-2-1-3-6/h6-7H,1-5H2. The van der Waals surface area contributed by atoms with Crippen molar-refractivity contribution in [1.29, 1.82) is 0 Å². The predicted molar refractivity (Wildman–Crippen MR) is 31.6 cm³/mol. The number of hydrogen-bond donors (Lipinski definition) is 1. The molecular weight excluding hydrogens is 120 g/mol. The van der Waals surface area contributed by atoms with Crippen LogP contribution in [0.3, 0.4) is 0 Å². The van der Waals surface area contributed by atoms with Gasteiger partial charge in [-0.05, 0) is 12.3 Å². The minimum Gasteiger partial charge on any atom is -0.221 e. The first-order valence-electron chi connectivity index (χ1n) is 3.36. The van der Waals surface area contributed by atoms with E-state index in [-0.39, 0.29) is 0 Å². The second-order valence-electron chi connectivity index (χ2n) is 2.48. The molecule has 1 aliphatic rings. The molecule has 0 spiro atoms. The van der Waals surface area contributed by atoms with Gasteiger partial charge in [-0.15, -0.1) is 0 Å². The third-order valence-electron chi connectivity index (χ3n) is 1.89. The van der Waals surface area contributed by atoms with Crippen molar-refractivity contribution in [3.8, 4) is 0 Å². The first-order chi connectivity index (χ1) is 4.43. The summed E-state index contributed by atoms with van der Waals surface area (Å²) in [6, 6.07) is 0. The largest absolute Gasteiger partial charge is 0.221 e. The van der Waals surface area contributed by atoms with Crippen molar-refractivity contribution >= 4 is 0 Å². The Hall–Kier alpha value is -0.120. The molecule has 0 bridgehead atoms. The zero-order valence-electron chi connectivity index (χ0n) is 5.38. The first kappa shape index (κ1) is 6.99. The summed E-state index contributed by atoms with van der Waals surface area (Å²) >= 11 is 0. The second-order valence-corrected chi connectivity index (χ2v) is 2.48. The van der Waals surface area contributed by atoms with E-state index in [2.05, 4.69) is 9.93 Å². The molecule has 0 saturated heterocycles. The highest BCUT2D eigenvalue weighted by atomic mass is 17.5. The molecule has 0 unspecified atom stereocenters. The van der Waals surface area contributed by atoms with Crippen LogP contribution in [-0.4, -0.2) is 11.9 Å². The van der Waals surface area contributed by atoms with Crippen LogP contribution < -0.4 is 0 Å². The Morgan fingerprint density at radius 1 is 1.44 bits per heavy atom. The van der Waals surface area contributed by atoms with Crippen LogP contribution >= 0.6 is 0 Å². The van der Waals surface area contributed by atoms with Crippen LogP contribution in [0.1, 0.15) is 25.7 Å². The predicted octanol–water partition coefficient (Wildman–Crippen LogP) is 1.60. The molecule has 1 N–H and O–H groups in total. The maximum Gasteiger partial charge on any atom is 0.0856 e. The van der Waals surface area contributed by atoms with Crippen molar-refractivity contribution in [2.75, 3.05) is 6.61 Å². The van der Waals surface area contributed by atoms with E-state index in [0.717, 1.165) is 12.3 Å². The average Bonchev–Trinajstić information content (AvgIpc) is 1.76. The van der Waals surface area contributed by atoms with Crippen LogP contribution in [0.15, 0.2) is 0 Å². The Bertz CT molecular complexity index is 70.7. The van der Waals surface area contributed by atoms with E-state index < -0.39 is 0 Å². The van der Waals surface area contributed by atoms with Gasteiger partial charge in [0.05, 0.1) is 6.61 Å². The molecule has 1 saturated carbocycles. The lowest BCUT2D eigenvalue weighted by Gasteiger charge is -2.24. The summed E-state index contributed by atoms with van der Waals surface area (Å²) in [5.41, 5.74) is 0. The molecule has 0 aromatic carbocycles. The molecule has 0 aromatic rings. The molecule has 54 valence electrons. The maximum absolute atomic E-state index is 7.75. The van der Waals surface area contributed by atoms with Gasteiger partial charge < -0.3 is 0 Å². The normalized spacial score (nSPS) is 19.7. The molecule has 0 aliphatic heterocycles. The van der Waals surface area contributed by atoms with Crippen LogP contribution in [0.2, 0.25) is 0 Å². The zero-order chi connectivity index (χ0) is 6.53. The van der Waals surface area contributed by atoms with E-state index in [4.69, 9.17) is 5.26 Å². The monoisotopic (exact) mass is 132 g/mol. The highest BCUT2D eigenvalue weighted by Gasteiger charge is 2.16. The molecule has 0 radical (unpaired) electrons. The summed E-state index contributed by atoms with van der Waals surface area (Å²) in [6.45, 7) is 0.515. The summed E-state index contributed by atoms with van der Waals surface area (Å²) in [7, 11) is 0. The van der Waals surface area contributed by atoms with Crippen molar-refractivity contribution < 1.29 is 15.2 Å². The Balaban J connectivity index is 1.80. The van der Waals surface area contributed by atoms with Gasteiger partial charge in [0.15, 0.2) is 0 Å². The van der Waals surface area contributed by atoms with Gasteiger partial charge in [-0.25, -0.2) is 10.1 Å². The summed E-state index contributed by atoms with van der Waals surface area (Å²) < 4.78 is 0. The Morgan fingerprint density at radius 2 is 2.22 bits per heavy atom. The second kappa shape index (κ2) is 3.82. The zero-order valence-corrected chi connectivity index (χ0v) is 5.38. The quantitative estimate of drug-likeness (QED) is 0.358. The SMILES string of the molecule is OOOCCC1CCC1. The number of rotatable bonds is 4. The fraction of sp³-hybridized carbons (Fsp3) is 1.00. The fourth-order valence-corrected chi connectivity index (χ4v) is 1.03. The molecule has 0 atom stereocenters. The van der Waals surface area contributed by atoms with E-state index in [1.807, 2.05) is 0 Å². The average molecular weight is 132 g/mol. The lowest BCUT2D eigenvalue weighted by molar-refractivity contribution is -0.491. The lowest BCUT2D eigenvalue weighted by Crippen LogP contribution is -2.13. The highest BCUT2D eigenvalue weighted by Crippen LogP contribution is 2.28. The van der Waals surface area contributed by atoms with Crippen LogP contribution in [0, 0.1) is 5.92 Å². The van der Waals surface area contributed by atoms with E-state index in [0.29, 0.717) is 6.61 Å². The van der Waals surface area contributed by atoms with Crippen molar-refractivity contribution in [1.82, 2.24) is 0 Å². The van der Waals surface area contributed by atoms with Crippen LogP contribution in [-0.2, 0) is 9.93 Å². The molecule has 1 fully saturated rings. The van der Waals surface area contributed by atoms with Gasteiger partial charge in [0.2, 0.25) is 0 Å². The van der Waals surface area contributed by atoms with Gasteiger partial charge in [-0.1, -0.05) is 24.3 Å². The summed E-state index contributed by atoms with van der Waals surface area (Å²) in [5, 5.41) is 11.2. The van der Waals surface area contributed by atoms with Gasteiger partial charge in [0.1, 0.15) is 0 Å². The van der Waals surface area contributed by atoms with Crippen LogP contribution in [0.25, 0.3) is 0 Å². The van der Waals surface area contributed by atoms with E-state index in [9.17, 15) is 0 Å². The smallest absolute Gasteiger partial charge is 0.0856 e. The third kappa shape index (κ3) is 2.30. The van der Waals surface area contributed by atoms with Crippen LogP contribution in [0.4, 0.5) is 0 Å². The molecule has 1 rings (SSSR count). The molecule has 3 nitrogen and oxygen atoms in total. The minimum atomic E-state index is 0.515. The molecule has 0 heterocycles. The lowest BCUT2D eigenvalue weighted by atomic mass is 9.83. The molecule has 9 heavy (non-hydrogen) atoms. The minimum absolute atomic E-state index is 0.515. The van der Waals surface area contributed by atoms with Crippen molar-refractivity contribution in [3.63, 3.8) is 0 Å². The molecule has 0 aromatic heterocycles. The van der Waals surface area contributed by atoms with Gasteiger partial charge in [-0.2, -0.15) is 0 Å². The van der Waals surface area contributed by atoms with Gasteiger partial charge >= 0.3 is 0 Å². The fourth-order valence-electron chi connectivity index (χ4n) is 1.03.